The van der Waals surface area contributed by atoms with Crippen LogP contribution in [0.4, 0.5) is 8.78 Å². The van der Waals surface area contributed by atoms with Gasteiger partial charge in [-0.3, -0.25) is 9.69 Å². The molecule has 2 N–H and O–H groups in total. The van der Waals surface area contributed by atoms with Gasteiger partial charge in [0.15, 0.2) is 0 Å². The first-order valence-electron chi connectivity index (χ1n) is 8.94. The van der Waals surface area contributed by atoms with Crippen molar-refractivity contribution >= 4 is 5.91 Å². The number of nitrogens with two attached hydrogens (primary N) is 1. The van der Waals surface area contributed by atoms with E-state index in [9.17, 15) is 13.6 Å². The van der Waals surface area contributed by atoms with Crippen LogP contribution in [0.3, 0.4) is 0 Å². The third kappa shape index (κ3) is 3.15. The molecule has 1 aromatic rings. The molecule has 3 unspecified atom stereocenters. The fraction of sp³-hybridized carbons (Fsp3) is 0.526. The van der Waals surface area contributed by atoms with Gasteiger partial charge in [-0.05, 0) is 35.8 Å². The van der Waals surface area contributed by atoms with E-state index in [-0.39, 0.29) is 17.5 Å². The van der Waals surface area contributed by atoms with Gasteiger partial charge >= 0.3 is 0 Å². The zero-order valence-electron chi connectivity index (χ0n) is 14.8. The van der Waals surface area contributed by atoms with Gasteiger partial charge in [0.1, 0.15) is 17.7 Å². The van der Waals surface area contributed by atoms with Crippen molar-refractivity contribution in [2.45, 2.75) is 31.5 Å². The summed E-state index contributed by atoms with van der Waals surface area (Å²) in [6, 6.07) is 3.13. The summed E-state index contributed by atoms with van der Waals surface area (Å²) >= 11 is 0. The minimum Gasteiger partial charge on any atom is -0.370 e. The molecule has 3 aliphatic heterocycles. The molecule has 26 heavy (non-hydrogen) atoms. The summed E-state index contributed by atoms with van der Waals surface area (Å²) in [5.74, 6) is -0.875. The molecular weight excluding hydrogens is 340 g/mol. The number of rotatable bonds is 2. The lowest BCUT2D eigenvalue weighted by Crippen LogP contribution is -2.49. The second-order valence-corrected chi connectivity index (χ2v) is 7.46. The number of halogens is 2. The first-order chi connectivity index (χ1) is 12.4. The maximum Gasteiger partial charge on any atom is 0.220 e. The molecule has 0 aromatic heterocycles. The normalized spacial score (nSPS) is 29.4. The van der Waals surface area contributed by atoms with Gasteiger partial charge in [-0.15, -0.1) is 0 Å². The Kier molecular flexibility index (Phi) is 4.54. The fourth-order valence-corrected chi connectivity index (χ4v) is 4.24. The van der Waals surface area contributed by atoms with E-state index in [0.29, 0.717) is 26.1 Å². The number of ether oxygens (including phenoxy) is 1. The molecule has 4 rings (SSSR count). The quantitative estimate of drug-likeness (QED) is 0.811. The molecule has 3 heterocycles. The van der Waals surface area contributed by atoms with Crippen molar-refractivity contribution in [3.63, 3.8) is 0 Å². The SMILES string of the molecule is CC(=O)N1CC2=C(C1)CN(C1COC(c3cc(F)ccc3F)C(N)C1)C2. The van der Waals surface area contributed by atoms with Gasteiger partial charge in [0.2, 0.25) is 5.91 Å². The van der Waals surface area contributed by atoms with Crippen molar-refractivity contribution in [1.82, 2.24) is 9.80 Å². The van der Waals surface area contributed by atoms with Crippen LogP contribution in [0.5, 0.6) is 0 Å². The number of hydrogen-bond acceptors (Lipinski definition) is 4. The Morgan fingerprint density at radius 1 is 1.19 bits per heavy atom. The Labute approximate surface area is 151 Å². The summed E-state index contributed by atoms with van der Waals surface area (Å²) in [6.45, 7) is 5.08. The largest absolute Gasteiger partial charge is 0.370 e. The number of carbonyl (C=O) groups excluding carboxylic acids is 1. The van der Waals surface area contributed by atoms with Crippen LogP contribution >= 0.6 is 0 Å². The number of benzene rings is 1. The molecule has 0 bridgehead atoms. The Morgan fingerprint density at radius 2 is 1.88 bits per heavy atom. The van der Waals surface area contributed by atoms with E-state index in [0.717, 1.165) is 25.2 Å². The molecule has 1 saturated heterocycles. The van der Waals surface area contributed by atoms with Gasteiger partial charge in [-0.1, -0.05) is 0 Å². The maximum absolute atomic E-state index is 14.0. The first kappa shape index (κ1) is 17.6. The van der Waals surface area contributed by atoms with Crippen LogP contribution in [0.25, 0.3) is 0 Å². The molecule has 0 spiro atoms. The summed E-state index contributed by atoms with van der Waals surface area (Å²) in [7, 11) is 0. The summed E-state index contributed by atoms with van der Waals surface area (Å²) in [5, 5.41) is 0. The lowest BCUT2D eigenvalue weighted by atomic mass is 9.93. The van der Waals surface area contributed by atoms with Gasteiger partial charge in [0.25, 0.3) is 0 Å². The van der Waals surface area contributed by atoms with Crippen molar-refractivity contribution in [2.24, 2.45) is 5.73 Å². The fourth-order valence-electron chi connectivity index (χ4n) is 4.24. The van der Waals surface area contributed by atoms with Crippen molar-refractivity contribution in [2.75, 3.05) is 32.8 Å². The van der Waals surface area contributed by atoms with Crippen molar-refractivity contribution < 1.29 is 18.3 Å². The number of amides is 1. The lowest BCUT2D eigenvalue weighted by Gasteiger charge is -2.39. The molecule has 0 saturated carbocycles. The van der Waals surface area contributed by atoms with Gasteiger partial charge in [-0.25, -0.2) is 8.78 Å². The van der Waals surface area contributed by atoms with Gasteiger partial charge in [0.05, 0.1) is 6.61 Å². The van der Waals surface area contributed by atoms with E-state index in [1.165, 1.54) is 17.2 Å². The van der Waals surface area contributed by atoms with Crippen LogP contribution < -0.4 is 5.73 Å². The third-order valence-corrected chi connectivity index (χ3v) is 5.68. The summed E-state index contributed by atoms with van der Waals surface area (Å²) < 4.78 is 33.4. The number of nitrogens with zero attached hydrogens (tertiary/aromatic N) is 2. The Balaban J connectivity index is 1.38. The molecule has 5 nitrogen and oxygen atoms in total. The zero-order chi connectivity index (χ0) is 18.4. The third-order valence-electron chi connectivity index (χ3n) is 5.68. The Bertz CT molecular complexity index is 749. The second kappa shape index (κ2) is 6.72. The van der Waals surface area contributed by atoms with Crippen LogP contribution in [-0.4, -0.2) is 60.6 Å². The van der Waals surface area contributed by atoms with Crippen molar-refractivity contribution in [3.05, 3.63) is 46.5 Å². The molecule has 1 amide bonds. The van der Waals surface area contributed by atoms with Gasteiger partial charge in [0, 0.05) is 50.7 Å². The predicted molar refractivity (Wildman–Crippen MR) is 92.3 cm³/mol. The van der Waals surface area contributed by atoms with Gasteiger partial charge in [-0.2, -0.15) is 0 Å². The van der Waals surface area contributed by atoms with E-state index in [4.69, 9.17) is 10.5 Å². The van der Waals surface area contributed by atoms with E-state index in [2.05, 4.69) is 4.90 Å². The van der Waals surface area contributed by atoms with Crippen LogP contribution in [0.1, 0.15) is 25.0 Å². The minimum atomic E-state index is -0.627. The molecule has 3 aliphatic rings. The van der Waals surface area contributed by atoms with E-state index in [1.807, 2.05) is 4.90 Å². The van der Waals surface area contributed by atoms with Crippen LogP contribution in [-0.2, 0) is 9.53 Å². The topological polar surface area (TPSA) is 58.8 Å². The summed E-state index contributed by atoms with van der Waals surface area (Å²) in [6.07, 6.45) is 0.0370. The average Bonchev–Trinajstić information content (AvgIpc) is 3.16. The predicted octanol–water partition coefficient (Wildman–Crippen LogP) is 1.60. The van der Waals surface area contributed by atoms with Crippen molar-refractivity contribution in [3.8, 4) is 0 Å². The molecule has 140 valence electrons. The molecule has 3 atom stereocenters. The smallest absolute Gasteiger partial charge is 0.220 e. The monoisotopic (exact) mass is 363 g/mol. The van der Waals surface area contributed by atoms with Crippen LogP contribution in [0.15, 0.2) is 29.3 Å². The highest BCUT2D eigenvalue weighted by molar-refractivity contribution is 5.75. The summed E-state index contributed by atoms with van der Waals surface area (Å²) in [5.41, 5.74) is 9.07. The highest BCUT2D eigenvalue weighted by atomic mass is 19.1. The highest BCUT2D eigenvalue weighted by Gasteiger charge is 2.38. The van der Waals surface area contributed by atoms with E-state index < -0.39 is 23.8 Å². The standard InChI is InChI=1S/C19H23F2N3O2/c1-11(25)23-6-12-8-24(9-13(12)7-23)15-5-18(22)19(26-10-15)16-4-14(20)2-3-17(16)21/h2-4,15,18-19H,5-10,22H2,1H3. The summed E-state index contributed by atoms with van der Waals surface area (Å²) in [4.78, 5) is 15.7. The Hall–Kier alpha value is -1.83. The molecule has 0 aliphatic carbocycles. The maximum atomic E-state index is 14.0. The molecular formula is C19H23F2N3O2. The molecule has 1 aromatic carbocycles. The number of hydrogen-bond donors (Lipinski definition) is 1. The molecule has 7 heteroatoms. The van der Waals surface area contributed by atoms with Crippen LogP contribution in [0.2, 0.25) is 0 Å². The van der Waals surface area contributed by atoms with E-state index >= 15 is 0 Å². The molecule has 0 radical (unpaired) electrons. The Morgan fingerprint density at radius 3 is 2.50 bits per heavy atom. The number of carbonyl (C=O) groups is 1. The second-order valence-electron chi connectivity index (χ2n) is 7.46. The zero-order valence-corrected chi connectivity index (χ0v) is 14.8. The first-order valence-corrected chi connectivity index (χ1v) is 8.94. The highest BCUT2D eigenvalue weighted by Crippen LogP contribution is 2.34. The van der Waals surface area contributed by atoms with Crippen LogP contribution in [0, 0.1) is 11.6 Å². The average molecular weight is 363 g/mol. The minimum absolute atomic E-state index is 0.105. The van der Waals surface area contributed by atoms with E-state index in [1.54, 1.807) is 6.92 Å². The van der Waals surface area contributed by atoms with Gasteiger partial charge < -0.3 is 15.4 Å². The molecule has 1 fully saturated rings. The van der Waals surface area contributed by atoms with Crippen molar-refractivity contribution in [1.29, 1.82) is 0 Å². The lowest BCUT2D eigenvalue weighted by molar-refractivity contribution is -0.127.